The number of fused-ring (bicyclic) bond motifs is 2. The number of carbonyl (C=O) groups is 1. The monoisotopic (exact) mass is 447 g/mol. The van der Waals surface area contributed by atoms with Gasteiger partial charge < -0.3 is 14.4 Å². The van der Waals surface area contributed by atoms with Crippen LogP contribution in [0.2, 0.25) is 0 Å². The minimum Gasteiger partial charge on any atom is -0.488 e. The Morgan fingerprint density at radius 2 is 1.70 bits per heavy atom. The zero-order valence-corrected chi connectivity index (χ0v) is 19.5. The largest absolute Gasteiger partial charge is 0.488 e. The van der Waals surface area contributed by atoms with E-state index in [2.05, 4.69) is 0 Å². The molecule has 3 aromatic rings. The fraction of sp³-hybridized carbons (Fsp3) is 0.393. The van der Waals surface area contributed by atoms with Gasteiger partial charge in [0.15, 0.2) is 5.67 Å². The van der Waals surface area contributed by atoms with Crippen LogP contribution >= 0.6 is 0 Å². The van der Waals surface area contributed by atoms with Gasteiger partial charge in [-0.2, -0.15) is 0 Å². The Hall–Kier alpha value is -2.92. The first-order valence-corrected chi connectivity index (χ1v) is 11.6. The van der Waals surface area contributed by atoms with Crippen molar-refractivity contribution in [1.29, 1.82) is 0 Å². The summed E-state index contributed by atoms with van der Waals surface area (Å²) in [4.78, 5) is 15.1. The lowest BCUT2D eigenvalue weighted by Crippen LogP contribution is -2.45. The number of ether oxygens (including phenoxy) is 2. The predicted octanol–water partition coefficient (Wildman–Crippen LogP) is 5.83. The predicted molar refractivity (Wildman–Crippen MR) is 127 cm³/mol. The number of rotatable bonds is 5. The fourth-order valence-electron chi connectivity index (χ4n) is 5.65. The highest BCUT2D eigenvalue weighted by molar-refractivity contribution is 5.94. The number of hydrogen-bond donors (Lipinski definition) is 0. The molecule has 33 heavy (non-hydrogen) atoms. The van der Waals surface area contributed by atoms with E-state index in [0.29, 0.717) is 17.9 Å². The summed E-state index contributed by atoms with van der Waals surface area (Å²) in [5, 5.41) is 1.62. The van der Waals surface area contributed by atoms with Crippen molar-refractivity contribution in [2.75, 3.05) is 6.61 Å². The Kier molecular flexibility index (Phi) is 5.20. The maximum atomic E-state index is 17.4. The minimum atomic E-state index is -1.86. The zero-order valence-electron chi connectivity index (χ0n) is 19.5. The number of halogens is 1. The van der Waals surface area contributed by atoms with Gasteiger partial charge in [0.25, 0.3) is 0 Å². The molecular weight excluding hydrogens is 417 g/mol. The zero-order chi connectivity index (χ0) is 23.4. The maximum Gasteiger partial charge on any atom is 0.232 e. The summed E-state index contributed by atoms with van der Waals surface area (Å²) in [6.45, 7) is 8.13. The van der Waals surface area contributed by atoms with Crippen molar-refractivity contribution in [1.82, 2.24) is 4.90 Å². The number of hydrogen-bond acceptors (Lipinski definition) is 3. The summed E-state index contributed by atoms with van der Waals surface area (Å²) in [7, 11) is 0. The van der Waals surface area contributed by atoms with Gasteiger partial charge in [-0.15, -0.1) is 0 Å². The van der Waals surface area contributed by atoms with Gasteiger partial charge in [-0.1, -0.05) is 74.5 Å². The summed E-state index contributed by atoms with van der Waals surface area (Å²) in [6, 6.07) is 20.7. The molecule has 2 heterocycles. The van der Waals surface area contributed by atoms with Crippen LogP contribution in [0.25, 0.3) is 10.8 Å². The van der Waals surface area contributed by atoms with Gasteiger partial charge in [-0.25, -0.2) is 4.39 Å². The highest BCUT2D eigenvalue weighted by atomic mass is 19.1. The van der Waals surface area contributed by atoms with Crippen LogP contribution in [0.5, 0.6) is 5.75 Å². The van der Waals surface area contributed by atoms with Crippen LogP contribution in [0, 0.1) is 11.8 Å². The smallest absolute Gasteiger partial charge is 0.232 e. The molecule has 2 aliphatic heterocycles. The summed E-state index contributed by atoms with van der Waals surface area (Å²) in [5.41, 5.74) is -1.09. The van der Waals surface area contributed by atoms with Crippen molar-refractivity contribution in [3.8, 4) is 5.75 Å². The molecule has 172 valence electrons. The Morgan fingerprint density at radius 3 is 2.39 bits per heavy atom. The van der Waals surface area contributed by atoms with Crippen LogP contribution in [-0.4, -0.2) is 29.2 Å². The lowest BCUT2D eigenvalue weighted by molar-refractivity contribution is -0.146. The van der Waals surface area contributed by atoms with Crippen molar-refractivity contribution in [2.24, 2.45) is 11.8 Å². The molecule has 0 spiro atoms. The van der Waals surface area contributed by atoms with Crippen LogP contribution < -0.4 is 4.74 Å². The molecule has 0 N–H and O–H groups in total. The highest BCUT2D eigenvalue weighted by Crippen LogP contribution is 2.55. The van der Waals surface area contributed by atoms with E-state index in [-0.39, 0.29) is 18.4 Å². The first-order chi connectivity index (χ1) is 15.7. The van der Waals surface area contributed by atoms with E-state index in [9.17, 15) is 4.79 Å². The highest BCUT2D eigenvalue weighted by Gasteiger charge is 2.67. The van der Waals surface area contributed by atoms with Gasteiger partial charge in [0.1, 0.15) is 18.1 Å². The van der Waals surface area contributed by atoms with E-state index < -0.39 is 23.4 Å². The Balaban J connectivity index is 1.61. The summed E-state index contributed by atoms with van der Waals surface area (Å²) in [5.74, 6) is -0.401. The standard InChI is InChI=1S/C28H30FNO3/c1-18(2)25-26(31)30-24(17-33-27(30,3)4)28(25,29)22-14-15-23(21-13-9-8-12-20(21)22)32-16-19-10-6-5-7-11-19/h5-15,18,24-25H,16-17H2,1-4H3/t24?,25-,28-/m0/s1. The van der Waals surface area contributed by atoms with Crippen molar-refractivity contribution < 1.29 is 18.7 Å². The second-order valence-electron chi connectivity index (χ2n) is 9.90. The molecule has 4 nitrogen and oxygen atoms in total. The summed E-state index contributed by atoms with van der Waals surface area (Å²) in [6.07, 6.45) is 0. The molecule has 0 aliphatic carbocycles. The van der Waals surface area contributed by atoms with E-state index >= 15 is 4.39 Å². The van der Waals surface area contributed by atoms with Crippen molar-refractivity contribution in [3.63, 3.8) is 0 Å². The Morgan fingerprint density at radius 1 is 1.03 bits per heavy atom. The molecule has 2 fully saturated rings. The molecule has 1 amide bonds. The van der Waals surface area contributed by atoms with E-state index in [0.717, 1.165) is 16.3 Å². The first-order valence-electron chi connectivity index (χ1n) is 11.6. The molecule has 0 aromatic heterocycles. The van der Waals surface area contributed by atoms with Gasteiger partial charge in [0.05, 0.1) is 18.6 Å². The number of alkyl halides is 1. The average molecular weight is 448 g/mol. The van der Waals surface area contributed by atoms with Crippen LogP contribution in [-0.2, 0) is 21.8 Å². The van der Waals surface area contributed by atoms with E-state index in [4.69, 9.17) is 9.47 Å². The lowest BCUT2D eigenvalue weighted by atomic mass is 9.74. The molecular formula is C28H30FNO3. The van der Waals surface area contributed by atoms with Crippen LogP contribution in [0.3, 0.4) is 0 Å². The maximum absolute atomic E-state index is 17.4. The molecule has 0 radical (unpaired) electrons. The summed E-state index contributed by atoms with van der Waals surface area (Å²) < 4.78 is 29.5. The normalized spacial score (nSPS) is 26.2. The van der Waals surface area contributed by atoms with Crippen molar-refractivity contribution in [2.45, 2.75) is 51.7 Å². The molecule has 2 aliphatic rings. The van der Waals surface area contributed by atoms with Crippen LogP contribution in [0.4, 0.5) is 4.39 Å². The van der Waals surface area contributed by atoms with E-state index in [1.165, 1.54) is 0 Å². The molecule has 3 aromatic carbocycles. The molecule has 5 heteroatoms. The van der Waals surface area contributed by atoms with Gasteiger partial charge in [-0.05, 0) is 36.8 Å². The number of nitrogens with zero attached hydrogens (tertiary/aromatic N) is 1. The van der Waals surface area contributed by atoms with Gasteiger partial charge in [-0.3, -0.25) is 4.79 Å². The SMILES string of the molecule is CC(C)[C@H]1C(=O)N2C(COC2(C)C)[C@@]1(F)c1ccc(OCc2ccccc2)c2ccccc12. The second kappa shape index (κ2) is 7.84. The molecule has 5 rings (SSSR count). The van der Waals surface area contributed by atoms with Crippen LogP contribution in [0.15, 0.2) is 66.7 Å². The number of amides is 1. The molecule has 0 saturated carbocycles. The third-order valence-corrected chi connectivity index (χ3v) is 7.13. The third kappa shape index (κ3) is 3.33. The Bertz CT molecular complexity index is 1190. The lowest BCUT2D eigenvalue weighted by Gasteiger charge is -2.33. The summed E-state index contributed by atoms with van der Waals surface area (Å²) >= 11 is 0. The number of benzene rings is 3. The number of carbonyl (C=O) groups excluding carboxylic acids is 1. The van der Waals surface area contributed by atoms with E-state index in [1.54, 1.807) is 11.0 Å². The average Bonchev–Trinajstić information content (AvgIpc) is 3.25. The third-order valence-electron chi connectivity index (χ3n) is 7.13. The Labute approximate surface area is 194 Å². The van der Waals surface area contributed by atoms with Crippen LogP contribution in [0.1, 0.15) is 38.8 Å². The topological polar surface area (TPSA) is 38.8 Å². The quantitative estimate of drug-likeness (QED) is 0.494. The fourth-order valence-corrected chi connectivity index (χ4v) is 5.65. The van der Waals surface area contributed by atoms with Crippen molar-refractivity contribution in [3.05, 3.63) is 77.9 Å². The minimum absolute atomic E-state index is 0.156. The molecule has 3 atom stereocenters. The molecule has 2 saturated heterocycles. The van der Waals surface area contributed by atoms with Gasteiger partial charge >= 0.3 is 0 Å². The van der Waals surface area contributed by atoms with Gasteiger partial charge in [0, 0.05) is 10.9 Å². The van der Waals surface area contributed by atoms with Gasteiger partial charge in [0.2, 0.25) is 5.91 Å². The second-order valence-corrected chi connectivity index (χ2v) is 9.90. The van der Waals surface area contributed by atoms with E-state index in [1.807, 2.05) is 88.4 Å². The molecule has 0 bridgehead atoms. The molecule has 1 unspecified atom stereocenters. The van der Waals surface area contributed by atoms with Crippen molar-refractivity contribution >= 4 is 16.7 Å². The first kappa shape index (κ1) is 21.9.